The summed E-state index contributed by atoms with van der Waals surface area (Å²) in [4.78, 5) is 12.0. The van der Waals surface area contributed by atoms with Crippen LogP contribution in [0.1, 0.15) is 12.8 Å². The van der Waals surface area contributed by atoms with E-state index >= 15 is 0 Å². The highest BCUT2D eigenvalue weighted by Gasteiger charge is 2.10. The lowest BCUT2D eigenvalue weighted by atomic mass is 10.3. The molecule has 2 aromatic rings. The van der Waals surface area contributed by atoms with E-state index in [0.717, 1.165) is 47.9 Å². The summed E-state index contributed by atoms with van der Waals surface area (Å²) in [5.74, 6) is 3.26. The van der Waals surface area contributed by atoms with Gasteiger partial charge in [0.05, 0.1) is 47.5 Å². The predicted molar refractivity (Wildman–Crippen MR) is 136 cm³/mol. The van der Waals surface area contributed by atoms with Gasteiger partial charge in [0.15, 0.2) is 23.0 Å². The van der Waals surface area contributed by atoms with Crippen molar-refractivity contribution in [1.82, 2.24) is 10.6 Å². The van der Waals surface area contributed by atoms with Crippen LogP contribution >= 0.6 is 0 Å². The Morgan fingerprint density at radius 2 is 1.16 bits per heavy atom. The van der Waals surface area contributed by atoms with Gasteiger partial charge in [0, 0.05) is 13.1 Å². The molecule has 176 valence electrons. The number of carbonyl (C=O) groups is 1. The number of ether oxygens (including phenoxy) is 4. The summed E-state index contributed by atoms with van der Waals surface area (Å²) in [5, 5.41) is 8.42. The SMILES string of the molecule is COc1cccc([SiH2]CCCNC(=O)NCCC[SiH2]c2cccc(OC)c2OC)c1OC. The molecule has 0 fully saturated rings. The fraction of sp³-hybridized carbons (Fsp3) is 0.435. The molecule has 0 spiro atoms. The van der Waals surface area contributed by atoms with E-state index in [2.05, 4.69) is 22.8 Å². The molecule has 2 N–H and O–H groups in total. The highest BCUT2D eigenvalue weighted by atomic mass is 28.2. The van der Waals surface area contributed by atoms with Gasteiger partial charge in [0.1, 0.15) is 0 Å². The lowest BCUT2D eigenvalue weighted by molar-refractivity contribution is 0.241. The molecule has 0 atom stereocenters. The maximum absolute atomic E-state index is 12.0. The maximum Gasteiger partial charge on any atom is 0.314 e. The van der Waals surface area contributed by atoms with Gasteiger partial charge in [-0.3, -0.25) is 0 Å². The summed E-state index contributed by atoms with van der Waals surface area (Å²) in [6.45, 7) is 1.36. The molecule has 0 aromatic heterocycles. The number of carbonyl (C=O) groups excluding carboxylic acids is 1. The normalized spacial score (nSPS) is 11.1. The number of benzene rings is 2. The topological polar surface area (TPSA) is 78.1 Å². The summed E-state index contributed by atoms with van der Waals surface area (Å²) >= 11 is 0. The largest absolute Gasteiger partial charge is 0.493 e. The van der Waals surface area contributed by atoms with E-state index < -0.39 is 19.0 Å². The maximum atomic E-state index is 12.0. The van der Waals surface area contributed by atoms with Crippen LogP contribution in [0.15, 0.2) is 36.4 Å². The number of urea groups is 1. The van der Waals surface area contributed by atoms with Crippen LogP contribution in [0, 0.1) is 0 Å². The fourth-order valence-electron chi connectivity index (χ4n) is 3.65. The molecular weight excluding hydrogens is 440 g/mol. The fourth-order valence-corrected chi connectivity index (χ4v) is 7.11. The summed E-state index contributed by atoms with van der Waals surface area (Å²) in [6.07, 6.45) is 1.92. The molecular formula is C23H36N2O5Si2. The van der Waals surface area contributed by atoms with Gasteiger partial charge in [-0.2, -0.15) is 0 Å². The average molecular weight is 477 g/mol. The molecule has 0 bridgehead atoms. The second-order valence-electron chi connectivity index (χ2n) is 7.40. The molecule has 32 heavy (non-hydrogen) atoms. The second kappa shape index (κ2) is 14.4. The van der Waals surface area contributed by atoms with Crippen molar-refractivity contribution in [3.63, 3.8) is 0 Å². The van der Waals surface area contributed by atoms with Crippen molar-refractivity contribution in [2.24, 2.45) is 0 Å². The van der Waals surface area contributed by atoms with E-state index in [0.29, 0.717) is 13.1 Å². The molecule has 7 nitrogen and oxygen atoms in total. The Kier molecular flexibility index (Phi) is 11.5. The van der Waals surface area contributed by atoms with E-state index in [-0.39, 0.29) is 6.03 Å². The minimum Gasteiger partial charge on any atom is -0.493 e. The second-order valence-corrected chi connectivity index (χ2v) is 11.3. The molecule has 0 unspecified atom stereocenters. The highest BCUT2D eigenvalue weighted by molar-refractivity contribution is 6.55. The zero-order valence-electron chi connectivity index (χ0n) is 19.7. The smallest absolute Gasteiger partial charge is 0.314 e. The van der Waals surface area contributed by atoms with Crippen molar-refractivity contribution in [1.29, 1.82) is 0 Å². The van der Waals surface area contributed by atoms with Crippen molar-refractivity contribution >= 4 is 35.4 Å². The number of amides is 2. The van der Waals surface area contributed by atoms with Gasteiger partial charge in [-0.25, -0.2) is 4.79 Å². The van der Waals surface area contributed by atoms with Crippen LogP contribution in [0.25, 0.3) is 0 Å². The highest BCUT2D eigenvalue weighted by Crippen LogP contribution is 2.24. The van der Waals surface area contributed by atoms with Gasteiger partial charge in [-0.05, 0) is 35.3 Å². The van der Waals surface area contributed by atoms with Crippen LogP contribution in [0.2, 0.25) is 12.1 Å². The van der Waals surface area contributed by atoms with Crippen LogP contribution in [0.5, 0.6) is 23.0 Å². The Balaban J connectivity index is 1.59. The molecule has 2 amide bonds. The Bertz CT molecular complexity index is 784. The first-order valence-electron chi connectivity index (χ1n) is 11.1. The Labute approximate surface area is 195 Å². The lowest BCUT2D eigenvalue weighted by Crippen LogP contribution is -2.36. The average Bonchev–Trinajstić information content (AvgIpc) is 2.82. The summed E-state index contributed by atoms with van der Waals surface area (Å²) in [6, 6.07) is 14.2. The molecule has 0 radical (unpaired) electrons. The minimum atomic E-state index is -0.477. The van der Waals surface area contributed by atoms with E-state index in [4.69, 9.17) is 18.9 Å². The number of methoxy groups -OCH3 is 4. The Morgan fingerprint density at radius 1 is 0.719 bits per heavy atom. The third-order valence-electron chi connectivity index (χ3n) is 5.29. The first kappa shape index (κ1) is 25.6. The van der Waals surface area contributed by atoms with Crippen LogP contribution < -0.4 is 40.0 Å². The predicted octanol–water partition coefficient (Wildman–Crippen LogP) is 0.925. The molecule has 9 heteroatoms. The number of rotatable bonds is 14. The van der Waals surface area contributed by atoms with Crippen molar-refractivity contribution in [2.45, 2.75) is 24.9 Å². The van der Waals surface area contributed by atoms with Gasteiger partial charge in [0.2, 0.25) is 0 Å². The van der Waals surface area contributed by atoms with Gasteiger partial charge in [0.25, 0.3) is 0 Å². The van der Waals surface area contributed by atoms with Gasteiger partial charge in [-0.15, -0.1) is 0 Å². The van der Waals surface area contributed by atoms with E-state index in [1.54, 1.807) is 28.4 Å². The summed E-state index contributed by atoms with van der Waals surface area (Å²) in [5.41, 5.74) is 0. The van der Waals surface area contributed by atoms with Gasteiger partial charge in [-0.1, -0.05) is 36.4 Å². The number of nitrogens with one attached hydrogen (secondary N) is 2. The quantitative estimate of drug-likeness (QED) is 0.313. The molecule has 0 saturated carbocycles. The van der Waals surface area contributed by atoms with Crippen molar-refractivity contribution < 1.29 is 23.7 Å². The standard InChI is InChI=1S/C23H36N2O5Si2/c1-27-17-9-5-11-19(21(17)29-3)31-15-7-13-24-23(26)25-14-8-16-32-20-12-6-10-18(28-2)22(20)30-4/h5-6,9-12H,7-8,13-16,31-32H2,1-4H3,(H2,24,25,26). The van der Waals surface area contributed by atoms with Crippen LogP contribution in [-0.4, -0.2) is 66.6 Å². The monoisotopic (exact) mass is 476 g/mol. The molecule has 2 aromatic carbocycles. The van der Waals surface area contributed by atoms with Crippen LogP contribution in [0.4, 0.5) is 4.79 Å². The summed E-state index contributed by atoms with van der Waals surface area (Å²) < 4.78 is 21.7. The van der Waals surface area contributed by atoms with Crippen molar-refractivity contribution in [3.05, 3.63) is 36.4 Å². The van der Waals surface area contributed by atoms with Crippen LogP contribution in [-0.2, 0) is 0 Å². The van der Waals surface area contributed by atoms with E-state index in [1.165, 1.54) is 10.4 Å². The lowest BCUT2D eigenvalue weighted by Gasteiger charge is -2.13. The first-order chi connectivity index (χ1) is 15.6. The van der Waals surface area contributed by atoms with Crippen molar-refractivity contribution in [3.8, 4) is 23.0 Å². The first-order valence-corrected chi connectivity index (χ1v) is 14.5. The van der Waals surface area contributed by atoms with E-state index in [1.807, 2.05) is 24.3 Å². The third kappa shape index (κ3) is 7.79. The third-order valence-corrected chi connectivity index (χ3v) is 9.18. The minimum absolute atomic E-state index is 0.0914. The Morgan fingerprint density at radius 3 is 1.53 bits per heavy atom. The number of hydrogen-bond acceptors (Lipinski definition) is 5. The molecule has 0 aliphatic carbocycles. The van der Waals surface area contributed by atoms with Gasteiger partial charge < -0.3 is 29.6 Å². The summed E-state index contributed by atoms with van der Waals surface area (Å²) in [7, 11) is 5.71. The number of hydrogen-bond donors (Lipinski definition) is 2. The molecule has 0 aliphatic rings. The zero-order chi connectivity index (χ0) is 23.2. The van der Waals surface area contributed by atoms with E-state index in [9.17, 15) is 4.79 Å². The van der Waals surface area contributed by atoms with Crippen LogP contribution in [0.3, 0.4) is 0 Å². The van der Waals surface area contributed by atoms with Gasteiger partial charge >= 0.3 is 6.03 Å². The number of para-hydroxylation sites is 2. The molecule has 2 rings (SSSR count). The molecule has 0 aliphatic heterocycles. The molecule has 0 heterocycles. The van der Waals surface area contributed by atoms with Crippen molar-refractivity contribution in [2.75, 3.05) is 41.5 Å². The molecule has 0 saturated heterocycles. The zero-order valence-corrected chi connectivity index (χ0v) is 22.5. The Hall–Kier alpha value is -2.66.